The van der Waals surface area contributed by atoms with Gasteiger partial charge in [0.05, 0.1) is 11.9 Å². The number of rotatable bonds is 6. The zero-order chi connectivity index (χ0) is 13.7. The molecule has 0 amide bonds. The summed E-state index contributed by atoms with van der Waals surface area (Å²) < 4.78 is 0. The molecule has 1 saturated heterocycles. The van der Waals surface area contributed by atoms with Crippen molar-refractivity contribution in [3.8, 4) is 0 Å². The molecule has 19 heavy (non-hydrogen) atoms. The van der Waals surface area contributed by atoms with Crippen molar-refractivity contribution in [1.29, 1.82) is 0 Å². The number of nitrogens with zero attached hydrogens (tertiary/aromatic N) is 2. The molecule has 0 spiro atoms. The molecule has 1 aromatic heterocycles. The maximum Gasteiger partial charge on any atom is 0.0598 e. The molecular formula is C15H25N3S. The molecule has 1 aliphatic heterocycles. The second-order valence-electron chi connectivity index (χ2n) is 5.66. The first kappa shape index (κ1) is 14.7. The van der Waals surface area contributed by atoms with E-state index in [0.717, 1.165) is 13.1 Å². The number of thioether (sulfide) groups is 1. The highest BCUT2D eigenvalue weighted by Crippen LogP contribution is 2.27. The lowest BCUT2D eigenvalue weighted by Gasteiger charge is -2.28. The van der Waals surface area contributed by atoms with E-state index >= 15 is 0 Å². The van der Waals surface area contributed by atoms with Gasteiger partial charge in [-0.05, 0) is 36.3 Å². The molecule has 1 aliphatic rings. The first-order valence-corrected chi connectivity index (χ1v) is 8.28. The van der Waals surface area contributed by atoms with Crippen molar-refractivity contribution in [2.75, 3.05) is 30.0 Å². The van der Waals surface area contributed by atoms with Crippen LogP contribution in [0.5, 0.6) is 0 Å². The summed E-state index contributed by atoms with van der Waals surface area (Å²) in [6.45, 7) is 6.47. The molecule has 0 aliphatic carbocycles. The summed E-state index contributed by atoms with van der Waals surface area (Å²) in [5, 5.41) is 3.53. The van der Waals surface area contributed by atoms with Crippen LogP contribution in [0.2, 0.25) is 0 Å². The Hall–Kier alpha value is -0.740. The molecule has 0 radical (unpaired) electrons. The van der Waals surface area contributed by atoms with E-state index < -0.39 is 0 Å². The van der Waals surface area contributed by atoms with Gasteiger partial charge in [0, 0.05) is 31.6 Å². The molecule has 1 unspecified atom stereocenters. The minimum absolute atomic E-state index is 0.665. The van der Waals surface area contributed by atoms with Gasteiger partial charge < -0.3 is 10.2 Å². The fourth-order valence-corrected chi connectivity index (χ4v) is 3.67. The molecule has 0 aromatic carbocycles. The second kappa shape index (κ2) is 7.15. The van der Waals surface area contributed by atoms with E-state index in [9.17, 15) is 0 Å². The van der Waals surface area contributed by atoms with Crippen LogP contribution >= 0.6 is 11.8 Å². The van der Waals surface area contributed by atoms with Crippen molar-refractivity contribution >= 4 is 17.4 Å². The number of nitrogens with one attached hydrogen (secondary N) is 1. The Labute approximate surface area is 121 Å². The third kappa shape index (κ3) is 4.11. The van der Waals surface area contributed by atoms with E-state index in [0.29, 0.717) is 12.0 Å². The van der Waals surface area contributed by atoms with Gasteiger partial charge in [0.25, 0.3) is 0 Å². The average molecular weight is 279 g/mol. The van der Waals surface area contributed by atoms with Crippen LogP contribution in [-0.4, -0.2) is 36.1 Å². The molecule has 106 valence electrons. The fraction of sp³-hybridized carbons (Fsp3) is 0.667. The Morgan fingerprint density at radius 3 is 3.05 bits per heavy atom. The van der Waals surface area contributed by atoms with Crippen LogP contribution in [0, 0.1) is 5.92 Å². The second-order valence-corrected chi connectivity index (χ2v) is 6.81. The van der Waals surface area contributed by atoms with E-state index in [1.807, 2.05) is 12.4 Å². The highest BCUT2D eigenvalue weighted by molar-refractivity contribution is 7.99. The zero-order valence-electron chi connectivity index (χ0n) is 12.2. The number of anilines is 1. The molecule has 1 atom stereocenters. The van der Waals surface area contributed by atoms with Gasteiger partial charge in [-0.1, -0.05) is 13.8 Å². The SMILES string of the molecule is CC(C)CNCc1ccncc1N(C)C1CCSC1. The molecule has 1 N–H and O–H groups in total. The van der Waals surface area contributed by atoms with Gasteiger partial charge in [0.1, 0.15) is 0 Å². The molecule has 4 heteroatoms. The maximum atomic E-state index is 4.30. The van der Waals surface area contributed by atoms with Gasteiger partial charge in [0.2, 0.25) is 0 Å². The summed E-state index contributed by atoms with van der Waals surface area (Å²) in [6, 6.07) is 2.80. The Morgan fingerprint density at radius 1 is 1.53 bits per heavy atom. The smallest absolute Gasteiger partial charge is 0.0598 e. The lowest BCUT2D eigenvalue weighted by molar-refractivity contribution is 0.551. The highest BCUT2D eigenvalue weighted by Gasteiger charge is 2.21. The largest absolute Gasteiger partial charge is 0.369 e. The lowest BCUT2D eigenvalue weighted by atomic mass is 10.1. The summed E-state index contributed by atoms with van der Waals surface area (Å²) in [6.07, 6.45) is 5.19. The Balaban J connectivity index is 2.02. The van der Waals surface area contributed by atoms with Crippen molar-refractivity contribution in [1.82, 2.24) is 10.3 Å². The van der Waals surface area contributed by atoms with E-state index in [-0.39, 0.29) is 0 Å². The monoisotopic (exact) mass is 279 g/mol. The van der Waals surface area contributed by atoms with Gasteiger partial charge in [-0.2, -0.15) is 11.8 Å². The maximum absolute atomic E-state index is 4.30. The molecule has 3 nitrogen and oxygen atoms in total. The van der Waals surface area contributed by atoms with Crippen LogP contribution in [0.15, 0.2) is 18.5 Å². The van der Waals surface area contributed by atoms with Crippen LogP contribution in [0.1, 0.15) is 25.8 Å². The predicted octanol–water partition coefficient (Wildman–Crippen LogP) is 2.77. The molecule has 0 bridgehead atoms. The standard InChI is InChI=1S/C15H25N3S/c1-12(2)8-17-9-13-4-6-16-10-15(13)18(3)14-5-7-19-11-14/h4,6,10,12,14,17H,5,7-9,11H2,1-3H3. The number of hydrogen-bond acceptors (Lipinski definition) is 4. The minimum atomic E-state index is 0.665. The molecule has 0 saturated carbocycles. The van der Waals surface area contributed by atoms with E-state index in [1.165, 1.54) is 29.2 Å². The first-order chi connectivity index (χ1) is 9.18. The van der Waals surface area contributed by atoms with Crippen LogP contribution < -0.4 is 10.2 Å². The van der Waals surface area contributed by atoms with Gasteiger partial charge in [0.15, 0.2) is 0 Å². The Morgan fingerprint density at radius 2 is 2.37 bits per heavy atom. The summed E-state index contributed by atoms with van der Waals surface area (Å²) in [4.78, 5) is 6.72. The predicted molar refractivity (Wildman–Crippen MR) is 84.9 cm³/mol. The number of aromatic nitrogens is 1. The third-order valence-electron chi connectivity index (χ3n) is 3.59. The van der Waals surface area contributed by atoms with E-state index in [2.05, 4.69) is 53.9 Å². The topological polar surface area (TPSA) is 28.2 Å². The minimum Gasteiger partial charge on any atom is -0.369 e. The van der Waals surface area contributed by atoms with Gasteiger partial charge >= 0.3 is 0 Å². The summed E-state index contributed by atoms with van der Waals surface area (Å²) >= 11 is 2.06. The normalized spacial score (nSPS) is 19.1. The van der Waals surface area contributed by atoms with Crippen molar-refractivity contribution in [3.63, 3.8) is 0 Å². The van der Waals surface area contributed by atoms with Crippen molar-refractivity contribution in [3.05, 3.63) is 24.0 Å². The summed E-state index contributed by atoms with van der Waals surface area (Å²) in [7, 11) is 2.21. The first-order valence-electron chi connectivity index (χ1n) is 7.12. The Bertz CT molecular complexity index is 389. The zero-order valence-corrected chi connectivity index (χ0v) is 13.0. The van der Waals surface area contributed by atoms with Gasteiger partial charge in [-0.25, -0.2) is 0 Å². The Kier molecular flexibility index (Phi) is 5.52. The fourth-order valence-electron chi connectivity index (χ4n) is 2.40. The van der Waals surface area contributed by atoms with Crippen LogP contribution in [0.4, 0.5) is 5.69 Å². The molecule has 2 rings (SSSR count). The quantitative estimate of drug-likeness (QED) is 0.867. The molecular weight excluding hydrogens is 254 g/mol. The number of pyridine rings is 1. The number of hydrogen-bond donors (Lipinski definition) is 1. The third-order valence-corrected chi connectivity index (χ3v) is 4.73. The van der Waals surface area contributed by atoms with Crippen LogP contribution in [0.25, 0.3) is 0 Å². The lowest BCUT2D eigenvalue weighted by Crippen LogP contribution is -2.32. The highest BCUT2D eigenvalue weighted by atomic mass is 32.2. The van der Waals surface area contributed by atoms with Crippen LogP contribution in [-0.2, 0) is 6.54 Å². The van der Waals surface area contributed by atoms with Crippen molar-refractivity contribution in [2.45, 2.75) is 32.9 Å². The average Bonchev–Trinajstić information content (AvgIpc) is 2.92. The molecule has 2 heterocycles. The van der Waals surface area contributed by atoms with Gasteiger partial charge in [-0.3, -0.25) is 4.98 Å². The van der Waals surface area contributed by atoms with Crippen molar-refractivity contribution in [2.24, 2.45) is 5.92 Å². The summed E-state index contributed by atoms with van der Waals surface area (Å²) in [5.74, 6) is 3.22. The van der Waals surface area contributed by atoms with Gasteiger partial charge in [-0.15, -0.1) is 0 Å². The van der Waals surface area contributed by atoms with Crippen LogP contribution in [0.3, 0.4) is 0 Å². The summed E-state index contributed by atoms with van der Waals surface area (Å²) in [5.41, 5.74) is 2.64. The van der Waals surface area contributed by atoms with E-state index in [1.54, 1.807) is 0 Å². The molecule has 1 aromatic rings. The molecule has 1 fully saturated rings. The van der Waals surface area contributed by atoms with E-state index in [4.69, 9.17) is 0 Å². The van der Waals surface area contributed by atoms with Crippen molar-refractivity contribution < 1.29 is 0 Å².